The van der Waals surface area contributed by atoms with E-state index in [4.69, 9.17) is 17.3 Å². The lowest BCUT2D eigenvalue weighted by Crippen LogP contribution is -2.04. The van der Waals surface area contributed by atoms with E-state index < -0.39 is 0 Å². The van der Waals surface area contributed by atoms with Gasteiger partial charge in [-0.05, 0) is 25.0 Å². The minimum absolute atomic E-state index is 0.261. The third kappa shape index (κ3) is 2.08. The summed E-state index contributed by atoms with van der Waals surface area (Å²) in [5.41, 5.74) is 6.50. The van der Waals surface area contributed by atoms with Crippen molar-refractivity contribution in [1.29, 1.82) is 0 Å². The predicted molar refractivity (Wildman–Crippen MR) is 66.7 cm³/mol. The largest absolute Gasteiger partial charge is 0.368 e. The minimum Gasteiger partial charge on any atom is -0.368 e. The molecule has 17 heavy (non-hydrogen) atoms. The van der Waals surface area contributed by atoms with Crippen molar-refractivity contribution in [2.45, 2.75) is 18.8 Å². The molecule has 0 radical (unpaired) electrons. The van der Waals surface area contributed by atoms with E-state index in [1.165, 1.54) is 0 Å². The molecule has 4 nitrogen and oxygen atoms in total. The molecular formula is C12H11ClN4. The first-order valence-electron chi connectivity index (χ1n) is 5.50. The maximum atomic E-state index is 6.12. The van der Waals surface area contributed by atoms with E-state index in [2.05, 4.69) is 15.0 Å². The van der Waals surface area contributed by atoms with Gasteiger partial charge in [0.1, 0.15) is 5.82 Å². The van der Waals surface area contributed by atoms with Gasteiger partial charge < -0.3 is 5.73 Å². The van der Waals surface area contributed by atoms with Crippen molar-refractivity contribution >= 4 is 17.5 Å². The molecule has 0 saturated heterocycles. The van der Waals surface area contributed by atoms with Gasteiger partial charge in [-0.25, -0.2) is 4.98 Å². The van der Waals surface area contributed by atoms with Gasteiger partial charge in [0, 0.05) is 11.5 Å². The highest BCUT2D eigenvalue weighted by molar-refractivity contribution is 6.33. The number of hydrogen-bond acceptors (Lipinski definition) is 4. The second kappa shape index (κ2) is 3.96. The average Bonchev–Trinajstić information content (AvgIpc) is 3.12. The molecule has 2 N–H and O–H groups in total. The van der Waals surface area contributed by atoms with Crippen LogP contribution in [0.5, 0.6) is 0 Å². The van der Waals surface area contributed by atoms with Crippen LogP contribution in [0.2, 0.25) is 5.02 Å². The molecule has 0 aliphatic heterocycles. The van der Waals surface area contributed by atoms with Gasteiger partial charge in [0.25, 0.3) is 0 Å². The standard InChI is InChI=1S/C12H11ClN4/c13-9-4-2-1-3-8(9)11-15-10(7-5-6-7)16-12(14)17-11/h1-4,7H,5-6H2,(H2,14,15,16,17). The number of halogens is 1. The summed E-state index contributed by atoms with van der Waals surface area (Å²) in [6.45, 7) is 0. The van der Waals surface area contributed by atoms with Crippen LogP contribution in [0.15, 0.2) is 24.3 Å². The van der Waals surface area contributed by atoms with Crippen LogP contribution in [0.4, 0.5) is 5.95 Å². The molecule has 1 heterocycles. The van der Waals surface area contributed by atoms with Crippen molar-refractivity contribution in [2.75, 3.05) is 5.73 Å². The molecule has 0 spiro atoms. The minimum atomic E-state index is 0.261. The van der Waals surface area contributed by atoms with Gasteiger partial charge >= 0.3 is 0 Å². The first-order chi connectivity index (χ1) is 8.24. The summed E-state index contributed by atoms with van der Waals surface area (Å²) in [6.07, 6.45) is 2.26. The molecule has 5 heteroatoms. The van der Waals surface area contributed by atoms with Gasteiger partial charge in [-0.15, -0.1) is 0 Å². The Kier molecular flexibility index (Phi) is 2.44. The zero-order valence-electron chi connectivity index (χ0n) is 9.10. The molecule has 0 amide bonds. The second-order valence-electron chi connectivity index (χ2n) is 4.13. The zero-order chi connectivity index (χ0) is 11.8. The number of rotatable bonds is 2. The Morgan fingerprint density at radius 2 is 1.88 bits per heavy atom. The number of anilines is 1. The Labute approximate surface area is 104 Å². The molecule has 0 atom stereocenters. The summed E-state index contributed by atoms with van der Waals surface area (Å²) >= 11 is 6.12. The van der Waals surface area contributed by atoms with E-state index in [0.29, 0.717) is 16.8 Å². The average molecular weight is 247 g/mol. The summed E-state index contributed by atoms with van der Waals surface area (Å²) in [5, 5.41) is 0.625. The Hall–Kier alpha value is -1.68. The summed E-state index contributed by atoms with van der Waals surface area (Å²) < 4.78 is 0. The van der Waals surface area contributed by atoms with E-state index in [-0.39, 0.29) is 5.95 Å². The smallest absolute Gasteiger partial charge is 0.223 e. The van der Waals surface area contributed by atoms with Crippen molar-refractivity contribution in [3.05, 3.63) is 35.1 Å². The summed E-state index contributed by atoms with van der Waals surface area (Å²) in [7, 11) is 0. The van der Waals surface area contributed by atoms with Crippen LogP contribution < -0.4 is 5.73 Å². The van der Waals surface area contributed by atoms with E-state index in [1.807, 2.05) is 24.3 Å². The molecule has 1 fully saturated rings. The summed E-state index contributed by atoms with van der Waals surface area (Å²) in [5.74, 6) is 2.05. The lowest BCUT2D eigenvalue weighted by Gasteiger charge is -2.05. The predicted octanol–water partition coefficient (Wildman–Crippen LogP) is 2.65. The van der Waals surface area contributed by atoms with E-state index in [9.17, 15) is 0 Å². The van der Waals surface area contributed by atoms with Crippen LogP contribution in [-0.2, 0) is 0 Å². The van der Waals surface area contributed by atoms with Gasteiger partial charge in [0.15, 0.2) is 5.82 Å². The zero-order valence-corrected chi connectivity index (χ0v) is 9.85. The Morgan fingerprint density at radius 1 is 1.12 bits per heavy atom. The fraction of sp³-hybridized carbons (Fsp3) is 0.250. The van der Waals surface area contributed by atoms with Gasteiger partial charge in [0.2, 0.25) is 5.95 Å². The SMILES string of the molecule is Nc1nc(-c2ccccc2Cl)nc(C2CC2)n1. The fourth-order valence-electron chi connectivity index (χ4n) is 1.70. The molecule has 1 aliphatic rings. The monoisotopic (exact) mass is 246 g/mol. The van der Waals surface area contributed by atoms with Crippen molar-refractivity contribution in [2.24, 2.45) is 0 Å². The quantitative estimate of drug-likeness (QED) is 0.885. The third-order valence-corrected chi connectivity index (χ3v) is 3.06. The number of aromatic nitrogens is 3. The summed E-state index contributed by atoms with van der Waals surface area (Å²) in [6, 6.07) is 7.47. The van der Waals surface area contributed by atoms with Crippen LogP contribution in [0, 0.1) is 0 Å². The molecule has 1 aliphatic carbocycles. The Balaban J connectivity index is 2.11. The second-order valence-corrected chi connectivity index (χ2v) is 4.54. The highest BCUT2D eigenvalue weighted by Gasteiger charge is 2.27. The maximum Gasteiger partial charge on any atom is 0.223 e. The topological polar surface area (TPSA) is 64.7 Å². The first-order valence-corrected chi connectivity index (χ1v) is 5.88. The normalized spacial score (nSPS) is 14.9. The number of benzene rings is 1. The molecule has 1 aromatic carbocycles. The maximum absolute atomic E-state index is 6.12. The molecule has 2 aromatic rings. The van der Waals surface area contributed by atoms with Gasteiger partial charge in [-0.3, -0.25) is 0 Å². The van der Waals surface area contributed by atoms with E-state index in [0.717, 1.165) is 24.2 Å². The first kappa shape index (κ1) is 10.5. The lowest BCUT2D eigenvalue weighted by atomic mass is 10.2. The van der Waals surface area contributed by atoms with Crippen LogP contribution in [0.25, 0.3) is 11.4 Å². The number of hydrogen-bond donors (Lipinski definition) is 1. The molecule has 0 bridgehead atoms. The number of nitrogen functional groups attached to an aromatic ring is 1. The van der Waals surface area contributed by atoms with E-state index >= 15 is 0 Å². The molecule has 86 valence electrons. The lowest BCUT2D eigenvalue weighted by molar-refractivity contribution is 0.902. The van der Waals surface area contributed by atoms with E-state index in [1.54, 1.807) is 0 Å². The number of nitrogens with zero attached hydrogens (tertiary/aromatic N) is 3. The van der Waals surface area contributed by atoms with Crippen LogP contribution in [0.3, 0.4) is 0 Å². The third-order valence-electron chi connectivity index (χ3n) is 2.73. The molecule has 1 aromatic heterocycles. The van der Waals surface area contributed by atoms with Crippen molar-refractivity contribution in [1.82, 2.24) is 15.0 Å². The fourth-order valence-corrected chi connectivity index (χ4v) is 1.92. The van der Waals surface area contributed by atoms with Crippen molar-refractivity contribution in [3.8, 4) is 11.4 Å². The van der Waals surface area contributed by atoms with Crippen LogP contribution in [0.1, 0.15) is 24.6 Å². The van der Waals surface area contributed by atoms with Gasteiger partial charge in [0.05, 0.1) is 5.02 Å². The molecule has 1 saturated carbocycles. The Morgan fingerprint density at radius 3 is 2.59 bits per heavy atom. The number of nitrogens with two attached hydrogens (primary N) is 1. The molecular weight excluding hydrogens is 236 g/mol. The highest BCUT2D eigenvalue weighted by atomic mass is 35.5. The molecule has 3 rings (SSSR count). The van der Waals surface area contributed by atoms with Gasteiger partial charge in [-0.1, -0.05) is 23.7 Å². The van der Waals surface area contributed by atoms with Crippen LogP contribution >= 0.6 is 11.6 Å². The summed E-state index contributed by atoms with van der Waals surface area (Å²) in [4.78, 5) is 12.7. The Bertz CT molecular complexity index is 566. The van der Waals surface area contributed by atoms with Crippen LogP contribution in [-0.4, -0.2) is 15.0 Å². The molecule has 0 unspecified atom stereocenters. The van der Waals surface area contributed by atoms with Crippen molar-refractivity contribution < 1.29 is 0 Å². The highest BCUT2D eigenvalue weighted by Crippen LogP contribution is 2.38. The van der Waals surface area contributed by atoms with Crippen molar-refractivity contribution in [3.63, 3.8) is 0 Å². The van der Waals surface area contributed by atoms with Gasteiger partial charge in [-0.2, -0.15) is 9.97 Å².